The molecule has 0 aliphatic carbocycles. The van der Waals surface area contributed by atoms with Gasteiger partial charge in [0.1, 0.15) is 0 Å². The van der Waals surface area contributed by atoms with Gasteiger partial charge in [-0.05, 0) is 66.1 Å². The van der Waals surface area contributed by atoms with Crippen LogP contribution in [0.2, 0.25) is 0 Å². The molecular weight excluding hydrogens is 384 g/mol. The van der Waals surface area contributed by atoms with Gasteiger partial charge in [-0.3, -0.25) is 4.90 Å². The molecule has 0 saturated heterocycles. The lowest BCUT2D eigenvalue weighted by molar-refractivity contribution is 0.269. The molecule has 2 heterocycles. The quantitative estimate of drug-likeness (QED) is 0.386. The molecule has 0 amide bonds. The highest BCUT2D eigenvalue weighted by atomic mass is 16.5. The predicted molar refractivity (Wildman–Crippen MR) is 127 cm³/mol. The molecule has 1 aliphatic rings. The Morgan fingerprint density at radius 2 is 1.84 bits per heavy atom. The Labute approximate surface area is 183 Å². The number of ether oxygens (including phenoxy) is 2. The molecule has 0 radical (unpaired) electrons. The highest BCUT2D eigenvalue weighted by Gasteiger charge is 2.24. The number of nitrogens with zero attached hydrogens (tertiary/aromatic N) is 2. The Bertz CT molecular complexity index is 1270. The van der Waals surface area contributed by atoms with Crippen LogP contribution in [0.3, 0.4) is 0 Å². The maximum Gasteiger partial charge on any atom is 0.161 e. The third-order valence-corrected chi connectivity index (χ3v) is 6.34. The van der Waals surface area contributed by atoms with E-state index in [-0.39, 0.29) is 0 Å². The van der Waals surface area contributed by atoms with Crippen LogP contribution in [0, 0.1) is 0 Å². The standard InChI is InChI=1S/C27H28N2O2/c1-4-29-15-14-21-22(17-29)27(19-11-13-24(31-5-2)25(16-19)30-3)28-23-12-10-18-8-6-7-9-20(18)26(21)23/h6-13,16H,4-5,14-15,17H2,1-3H3. The van der Waals surface area contributed by atoms with Crippen LogP contribution in [0.4, 0.5) is 0 Å². The molecule has 1 aliphatic heterocycles. The average molecular weight is 413 g/mol. The first-order valence-corrected chi connectivity index (χ1v) is 11.1. The Hall–Kier alpha value is -3.11. The molecule has 0 fully saturated rings. The van der Waals surface area contributed by atoms with E-state index in [0.717, 1.165) is 54.3 Å². The zero-order chi connectivity index (χ0) is 21.4. The summed E-state index contributed by atoms with van der Waals surface area (Å²) in [5.41, 5.74) is 5.96. The number of likely N-dealkylation sites (N-methyl/N-ethyl adjacent to an activating group) is 1. The highest BCUT2D eigenvalue weighted by molar-refractivity contribution is 6.09. The van der Waals surface area contributed by atoms with Crippen molar-refractivity contribution in [2.75, 3.05) is 26.8 Å². The van der Waals surface area contributed by atoms with Crippen LogP contribution in [0.25, 0.3) is 32.9 Å². The minimum Gasteiger partial charge on any atom is -0.493 e. The zero-order valence-electron chi connectivity index (χ0n) is 18.4. The topological polar surface area (TPSA) is 34.6 Å². The summed E-state index contributed by atoms with van der Waals surface area (Å²) in [4.78, 5) is 7.70. The number of pyridine rings is 1. The molecule has 4 heteroatoms. The Kier molecular flexibility index (Phi) is 5.24. The third-order valence-electron chi connectivity index (χ3n) is 6.34. The van der Waals surface area contributed by atoms with Crippen LogP contribution < -0.4 is 9.47 Å². The highest BCUT2D eigenvalue weighted by Crippen LogP contribution is 2.39. The number of hydrogen-bond donors (Lipinski definition) is 0. The summed E-state index contributed by atoms with van der Waals surface area (Å²) in [6.45, 7) is 7.87. The molecule has 31 heavy (non-hydrogen) atoms. The molecule has 0 saturated carbocycles. The summed E-state index contributed by atoms with van der Waals surface area (Å²) < 4.78 is 11.4. The normalized spacial score (nSPS) is 14.0. The first-order valence-electron chi connectivity index (χ1n) is 11.1. The van der Waals surface area contributed by atoms with E-state index in [1.807, 2.05) is 13.0 Å². The molecule has 0 spiro atoms. The monoisotopic (exact) mass is 412 g/mol. The summed E-state index contributed by atoms with van der Waals surface area (Å²) >= 11 is 0. The van der Waals surface area contributed by atoms with Crippen LogP contribution in [0.5, 0.6) is 11.5 Å². The minimum atomic E-state index is 0.609. The fourth-order valence-corrected chi connectivity index (χ4v) is 4.77. The van der Waals surface area contributed by atoms with Gasteiger partial charge in [-0.15, -0.1) is 0 Å². The van der Waals surface area contributed by atoms with Crippen molar-refractivity contribution in [3.05, 3.63) is 65.7 Å². The van der Waals surface area contributed by atoms with Gasteiger partial charge in [-0.25, -0.2) is 4.98 Å². The van der Waals surface area contributed by atoms with Gasteiger partial charge in [-0.2, -0.15) is 0 Å². The van der Waals surface area contributed by atoms with Crippen molar-refractivity contribution in [1.29, 1.82) is 0 Å². The minimum absolute atomic E-state index is 0.609. The molecule has 1 aromatic heterocycles. The van der Waals surface area contributed by atoms with Crippen molar-refractivity contribution in [3.8, 4) is 22.8 Å². The summed E-state index contributed by atoms with van der Waals surface area (Å²) in [7, 11) is 1.69. The largest absolute Gasteiger partial charge is 0.493 e. The van der Waals surface area contributed by atoms with E-state index in [4.69, 9.17) is 14.5 Å². The van der Waals surface area contributed by atoms with E-state index in [0.29, 0.717) is 6.61 Å². The van der Waals surface area contributed by atoms with Crippen LogP contribution in [-0.2, 0) is 13.0 Å². The second-order valence-corrected chi connectivity index (χ2v) is 8.02. The molecule has 0 N–H and O–H groups in total. The van der Waals surface area contributed by atoms with Crippen molar-refractivity contribution in [2.45, 2.75) is 26.8 Å². The molecule has 158 valence electrons. The van der Waals surface area contributed by atoms with Gasteiger partial charge in [0.25, 0.3) is 0 Å². The maximum atomic E-state index is 5.73. The fourth-order valence-electron chi connectivity index (χ4n) is 4.77. The van der Waals surface area contributed by atoms with Gasteiger partial charge in [0, 0.05) is 24.0 Å². The van der Waals surface area contributed by atoms with E-state index in [9.17, 15) is 0 Å². The molecule has 4 nitrogen and oxygen atoms in total. The lowest BCUT2D eigenvalue weighted by Gasteiger charge is -2.30. The van der Waals surface area contributed by atoms with Crippen molar-refractivity contribution in [2.24, 2.45) is 0 Å². The number of fused-ring (bicyclic) bond motifs is 5. The third kappa shape index (κ3) is 3.41. The van der Waals surface area contributed by atoms with E-state index < -0.39 is 0 Å². The van der Waals surface area contributed by atoms with Crippen LogP contribution >= 0.6 is 0 Å². The Morgan fingerprint density at radius 1 is 0.968 bits per heavy atom. The van der Waals surface area contributed by atoms with Gasteiger partial charge >= 0.3 is 0 Å². The summed E-state index contributed by atoms with van der Waals surface area (Å²) in [5, 5.41) is 3.88. The lowest BCUT2D eigenvalue weighted by atomic mass is 9.89. The van der Waals surface area contributed by atoms with Crippen LogP contribution in [0.1, 0.15) is 25.0 Å². The van der Waals surface area contributed by atoms with E-state index in [1.165, 1.54) is 27.3 Å². The van der Waals surface area contributed by atoms with Crippen molar-refractivity contribution in [3.63, 3.8) is 0 Å². The van der Waals surface area contributed by atoms with E-state index >= 15 is 0 Å². The van der Waals surface area contributed by atoms with Crippen molar-refractivity contribution in [1.82, 2.24) is 9.88 Å². The second-order valence-electron chi connectivity index (χ2n) is 8.02. The Morgan fingerprint density at radius 3 is 2.65 bits per heavy atom. The van der Waals surface area contributed by atoms with Crippen molar-refractivity contribution >= 4 is 21.7 Å². The van der Waals surface area contributed by atoms with Crippen molar-refractivity contribution < 1.29 is 9.47 Å². The van der Waals surface area contributed by atoms with E-state index in [1.54, 1.807) is 7.11 Å². The molecule has 0 atom stereocenters. The van der Waals surface area contributed by atoms with Gasteiger partial charge in [0.15, 0.2) is 11.5 Å². The smallest absolute Gasteiger partial charge is 0.161 e. The number of benzene rings is 3. The fraction of sp³-hybridized carbons (Fsp3) is 0.296. The maximum absolute atomic E-state index is 5.73. The summed E-state index contributed by atoms with van der Waals surface area (Å²) in [5.74, 6) is 1.52. The van der Waals surface area contributed by atoms with Crippen LogP contribution in [0.15, 0.2) is 54.6 Å². The average Bonchev–Trinajstić information content (AvgIpc) is 2.83. The molecule has 3 aromatic carbocycles. The number of hydrogen-bond acceptors (Lipinski definition) is 4. The predicted octanol–water partition coefficient (Wildman–Crippen LogP) is 5.84. The first-order chi connectivity index (χ1) is 15.2. The van der Waals surface area contributed by atoms with Gasteiger partial charge in [0.2, 0.25) is 0 Å². The summed E-state index contributed by atoms with van der Waals surface area (Å²) in [6, 6.07) is 19.2. The van der Waals surface area contributed by atoms with Crippen LogP contribution in [-0.4, -0.2) is 36.7 Å². The first kappa shape index (κ1) is 19.8. The number of rotatable bonds is 5. The summed E-state index contributed by atoms with van der Waals surface area (Å²) in [6.07, 6.45) is 1.04. The molecule has 0 unspecified atom stereocenters. The molecular formula is C27H28N2O2. The second kappa shape index (κ2) is 8.20. The lowest BCUT2D eigenvalue weighted by Crippen LogP contribution is -2.31. The Balaban J connectivity index is 1.78. The molecule has 0 bridgehead atoms. The molecule has 4 aromatic rings. The molecule has 5 rings (SSSR count). The van der Waals surface area contributed by atoms with Gasteiger partial charge in [0.05, 0.1) is 24.9 Å². The number of aromatic nitrogens is 1. The zero-order valence-corrected chi connectivity index (χ0v) is 18.4. The van der Waals surface area contributed by atoms with Gasteiger partial charge < -0.3 is 9.47 Å². The SMILES string of the molecule is CCOc1ccc(-c2nc3ccc4ccccc4c3c3c2CN(CC)CC3)cc1OC. The van der Waals surface area contributed by atoms with E-state index in [2.05, 4.69) is 60.4 Å². The number of methoxy groups -OCH3 is 1. The van der Waals surface area contributed by atoms with Gasteiger partial charge in [-0.1, -0.05) is 37.3 Å².